The van der Waals surface area contributed by atoms with Crippen LogP contribution in [0.5, 0.6) is 0 Å². The third-order valence-corrected chi connectivity index (χ3v) is 6.51. The van der Waals surface area contributed by atoms with Crippen LogP contribution in [0.4, 0.5) is 13.2 Å². The summed E-state index contributed by atoms with van der Waals surface area (Å²) in [5, 5.41) is 11.3. The summed E-state index contributed by atoms with van der Waals surface area (Å²) >= 11 is 0. The van der Waals surface area contributed by atoms with Gasteiger partial charge in [-0.2, -0.15) is 13.2 Å². The lowest BCUT2D eigenvalue weighted by atomic mass is 9.91. The van der Waals surface area contributed by atoms with E-state index in [2.05, 4.69) is 9.97 Å². The molecular weight excluding hydrogens is 419 g/mol. The van der Waals surface area contributed by atoms with Crippen LogP contribution in [0.15, 0.2) is 42.7 Å². The van der Waals surface area contributed by atoms with Crippen molar-refractivity contribution in [2.45, 2.75) is 57.0 Å². The van der Waals surface area contributed by atoms with Gasteiger partial charge in [-0.25, -0.2) is 0 Å². The minimum absolute atomic E-state index is 0.120. The molecule has 0 spiro atoms. The standard InChI is InChI=1S/C24H22F3N3O2/c25-24(26,27)21-8-7-14(12-29-21)10-15-11-17-18(22-16(15)4-3-9-28-22)13-30(23(17)32)19-5-1-2-6-20(19)31/h3-4,7-9,11-12,19-20,31H,1-2,5-6,10,13H2. The van der Waals surface area contributed by atoms with Gasteiger partial charge in [-0.05, 0) is 48.6 Å². The fraction of sp³-hybridized carbons (Fsp3) is 0.375. The van der Waals surface area contributed by atoms with Crippen LogP contribution in [-0.4, -0.2) is 38.0 Å². The lowest BCUT2D eigenvalue weighted by Gasteiger charge is -2.35. The van der Waals surface area contributed by atoms with Gasteiger partial charge in [0.25, 0.3) is 5.91 Å². The van der Waals surface area contributed by atoms with Gasteiger partial charge in [-0.1, -0.05) is 25.0 Å². The second kappa shape index (κ2) is 7.85. The number of fused-ring (bicyclic) bond motifs is 3. The van der Waals surface area contributed by atoms with Crippen LogP contribution in [0.1, 0.15) is 58.4 Å². The van der Waals surface area contributed by atoms with Gasteiger partial charge in [0, 0.05) is 35.5 Å². The lowest BCUT2D eigenvalue weighted by molar-refractivity contribution is -0.141. The van der Waals surface area contributed by atoms with E-state index in [4.69, 9.17) is 0 Å². The van der Waals surface area contributed by atoms with E-state index in [0.717, 1.165) is 47.4 Å². The molecule has 1 fully saturated rings. The van der Waals surface area contributed by atoms with Crippen molar-refractivity contribution in [3.05, 3.63) is 70.7 Å². The van der Waals surface area contributed by atoms with E-state index in [1.807, 2.05) is 18.2 Å². The molecule has 0 radical (unpaired) electrons. The molecule has 5 rings (SSSR count). The predicted molar refractivity (Wildman–Crippen MR) is 112 cm³/mol. The summed E-state index contributed by atoms with van der Waals surface area (Å²) in [5.41, 5.74) is 2.63. The molecule has 0 saturated heterocycles. The number of amides is 1. The smallest absolute Gasteiger partial charge is 0.391 e. The minimum atomic E-state index is -4.48. The highest BCUT2D eigenvalue weighted by Gasteiger charge is 2.38. The largest absolute Gasteiger partial charge is 0.433 e. The summed E-state index contributed by atoms with van der Waals surface area (Å²) < 4.78 is 38.5. The van der Waals surface area contributed by atoms with E-state index in [9.17, 15) is 23.1 Å². The number of aliphatic hydroxyl groups excluding tert-OH is 1. The number of aliphatic hydroxyl groups is 1. The van der Waals surface area contributed by atoms with Crippen LogP contribution in [-0.2, 0) is 19.1 Å². The monoisotopic (exact) mass is 441 g/mol. The molecule has 1 aromatic carbocycles. The van der Waals surface area contributed by atoms with Crippen molar-refractivity contribution >= 4 is 16.8 Å². The minimum Gasteiger partial charge on any atom is -0.391 e. The first-order valence-corrected chi connectivity index (χ1v) is 10.7. The first kappa shape index (κ1) is 20.9. The number of carbonyl (C=O) groups excluding carboxylic acids is 1. The Hall–Kier alpha value is -3.00. The second-order valence-electron chi connectivity index (χ2n) is 8.54. The number of nitrogens with zero attached hydrogens (tertiary/aromatic N) is 3. The summed E-state index contributed by atoms with van der Waals surface area (Å²) in [6, 6.07) is 7.73. The van der Waals surface area contributed by atoms with E-state index in [0.29, 0.717) is 30.5 Å². The Kier molecular flexibility index (Phi) is 5.12. The molecule has 5 nitrogen and oxygen atoms in total. The van der Waals surface area contributed by atoms with Gasteiger partial charge in [-0.15, -0.1) is 0 Å². The highest BCUT2D eigenvalue weighted by atomic mass is 19.4. The number of hydrogen-bond acceptors (Lipinski definition) is 4. The highest BCUT2D eigenvalue weighted by Crippen LogP contribution is 2.36. The maximum Gasteiger partial charge on any atom is 0.433 e. The van der Waals surface area contributed by atoms with E-state index in [1.165, 1.54) is 12.3 Å². The molecule has 3 aromatic rings. The maximum atomic E-state index is 13.3. The van der Waals surface area contributed by atoms with Crippen LogP contribution < -0.4 is 0 Å². The number of aromatic nitrogens is 2. The van der Waals surface area contributed by atoms with Crippen molar-refractivity contribution < 1.29 is 23.1 Å². The third kappa shape index (κ3) is 3.62. The molecule has 1 aliphatic carbocycles. The zero-order valence-corrected chi connectivity index (χ0v) is 17.3. The number of halogens is 3. The molecule has 1 N–H and O–H groups in total. The molecule has 0 bridgehead atoms. The highest BCUT2D eigenvalue weighted by molar-refractivity contribution is 6.04. The fourth-order valence-corrected chi connectivity index (χ4v) is 4.91. The van der Waals surface area contributed by atoms with E-state index >= 15 is 0 Å². The van der Waals surface area contributed by atoms with Crippen molar-refractivity contribution in [2.75, 3.05) is 0 Å². The zero-order chi connectivity index (χ0) is 22.5. The quantitative estimate of drug-likeness (QED) is 0.650. The molecule has 1 saturated carbocycles. The van der Waals surface area contributed by atoms with Crippen molar-refractivity contribution in [3.8, 4) is 0 Å². The Morgan fingerprint density at radius 2 is 1.94 bits per heavy atom. The van der Waals surface area contributed by atoms with E-state index in [-0.39, 0.29) is 11.9 Å². The van der Waals surface area contributed by atoms with Crippen LogP contribution in [0.25, 0.3) is 10.9 Å². The topological polar surface area (TPSA) is 66.3 Å². The first-order chi connectivity index (χ1) is 15.3. The summed E-state index contributed by atoms with van der Waals surface area (Å²) in [5.74, 6) is -0.120. The normalized spacial score (nSPS) is 21.2. The lowest BCUT2D eigenvalue weighted by Crippen LogP contribution is -2.45. The van der Waals surface area contributed by atoms with Gasteiger partial charge < -0.3 is 10.0 Å². The van der Waals surface area contributed by atoms with Gasteiger partial charge >= 0.3 is 6.18 Å². The number of alkyl halides is 3. The Labute approximate surface area is 182 Å². The number of pyridine rings is 2. The van der Waals surface area contributed by atoms with Crippen LogP contribution in [0.3, 0.4) is 0 Å². The predicted octanol–water partition coefficient (Wildman–Crippen LogP) is 4.50. The number of rotatable bonds is 3. The average Bonchev–Trinajstić information content (AvgIpc) is 3.10. The summed E-state index contributed by atoms with van der Waals surface area (Å²) in [7, 11) is 0. The summed E-state index contributed by atoms with van der Waals surface area (Å²) in [6.45, 7) is 0.408. The molecular formula is C24H22F3N3O2. The molecule has 2 atom stereocenters. The van der Waals surface area contributed by atoms with Crippen molar-refractivity contribution in [1.29, 1.82) is 0 Å². The molecule has 8 heteroatoms. The van der Waals surface area contributed by atoms with Gasteiger partial charge in [-0.3, -0.25) is 14.8 Å². The fourth-order valence-electron chi connectivity index (χ4n) is 4.91. The number of benzene rings is 1. The molecule has 1 amide bonds. The number of carbonyl (C=O) groups is 1. The molecule has 2 aromatic heterocycles. The van der Waals surface area contributed by atoms with Crippen molar-refractivity contribution in [2.24, 2.45) is 0 Å². The van der Waals surface area contributed by atoms with Crippen LogP contribution in [0.2, 0.25) is 0 Å². The van der Waals surface area contributed by atoms with Gasteiger partial charge in [0.05, 0.1) is 17.7 Å². The van der Waals surface area contributed by atoms with E-state index in [1.54, 1.807) is 11.1 Å². The number of hydrogen-bond donors (Lipinski definition) is 1. The molecule has 3 heterocycles. The molecule has 2 unspecified atom stereocenters. The van der Waals surface area contributed by atoms with E-state index < -0.39 is 18.0 Å². The maximum absolute atomic E-state index is 13.3. The van der Waals surface area contributed by atoms with Gasteiger partial charge in [0.2, 0.25) is 0 Å². The van der Waals surface area contributed by atoms with Crippen LogP contribution >= 0.6 is 0 Å². The Bertz CT molecular complexity index is 1180. The SMILES string of the molecule is O=C1c2cc(Cc3ccc(C(F)(F)F)nc3)c3cccnc3c2CN1C1CCCCC1O. The first-order valence-electron chi connectivity index (χ1n) is 10.7. The van der Waals surface area contributed by atoms with Crippen LogP contribution in [0, 0.1) is 0 Å². The van der Waals surface area contributed by atoms with Crippen molar-refractivity contribution in [3.63, 3.8) is 0 Å². The Morgan fingerprint density at radius 1 is 1.12 bits per heavy atom. The summed E-state index contributed by atoms with van der Waals surface area (Å²) in [4.78, 5) is 23.1. The third-order valence-electron chi connectivity index (χ3n) is 6.51. The summed E-state index contributed by atoms with van der Waals surface area (Å²) in [6.07, 6.45) is 1.63. The molecule has 1 aliphatic heterocycles. The second-order valence-corrected chi connectivity index (χ2v) is 8.54. The zero-order valence-electron chi connectivity index (χ0n) is 17.3. The Balaban J connectivity index is 1.52. The van der Waals surface area contributed by atoms with Crippen molar-refractivity contribution in [1.82, 2.24) is 14.9 Å². The average molecular weight is 441 g/mol. The van der Waals surface area contributed by atoms with Gasteiger partial charge in [0.1, 0.15) is 5.69 Å². The van der Waals surface area contributed by atoms with Gasteiger partial charge in [0.15, 0.2) is 0 Å². The Morgan fingerprint density at radius 3 is 2.66 bits per heavy atom. The molecule has 2 aliphatic rings. The molecule has 32 heavy (non-hydrogen) atoms. The molecule has 166 valence electrons.